The molecule has 2 aromatic heterocycles. The first kappa shape index (κ1) is 76.7. The second-order valence-electron chi connectivity index (χ2n) is 23.2. The van der Waals surface area contributed by atoms with Gasteiger partial charge >= 0.3 is 53.7 Å². The number of aliphatic carboxylic acids is 1. The number of rotatable bonds is 27. The number of hydrogen-bond donors (Lipinski definition) is 3. The summed E-state index contributed by atoms with van der Waals surface area (Å²) >= 11 is 0. The van der Waals surface area contributed by atoms with Crippen molar-refractivity contribution in [3.63, 3.8) is 0 Å². The minimum Gasteiger partial charge on any atom is -0.508 e. The molecule has 3 N–H and O–H groups in total. The Balaban J connectivity index is 0.000000227. The molecule has 24 nitrogen and oxygen atoms in total. The molecule has 8 aromatic carbocycles. The highest BCUT2D eigenvalue weighted by Gasteiger charge is 2.50. The number of benzene rings is 8. The zero-order valence-corrected chi connectivity index (χ0v) is 57.4. The van der Waals surface area contributed by atoms with Gasteiger partial charge in [0.2, 0.25) is 0 Å². The largest absolute Gasteiger partial charge is 0.508 e. The van der Waals surface area contributed by atoms with Crippen molar-refractivity contribution in [2.24, 2.45) is 0 Å². The number of carboxylic acid groups (broad SMARTS) is 1. The van der Waals surface area contributed by atoms with E-state index in [4.69, 9.17) is 53.5 Å². The van der Waals surface area contributed by atoms with E-state index in [-0.39, 0.29) is 109 Å². The Labute approximate surface area is 608 Å². The van der Waals surface area contributed by atoms with Crippen LogP contribution in [0.25, 0.3) is 44.6 Å². The normalized spacial score (nSPS) is 11.9. The molecule has 0 unspecified atom stereocenters. The number of para-hydroxylation sites is 4. The van der Waals surface area contributed by atoms with Gasteiger partial charge in [0.05, 0.1) is 94.2 Å². The van der Waals surface area contributed by atoms with E-state index < -0.39 is 64.6 Å². The van der Waals surface area contributed by atoms with Crippen molar-refractivity contribution < 1.29 is 96.4 Å². The molecule has 2 aliphatic rings. The summed E-state index contributed by atoms with van der Waals surface area (Å²) in [5, 5.41) is 28.2. The van der Waals surface area contributed by atoms with Crippen LogP contribution in [0, 0.1) is 7.43 Å². The predicted octanol–water partition coefficient (Wildman–Crippen LogP) is 11.9. The van der Waals surface area contributed by atoms with Crippen molar-refractivity contribution in [2.75, 3.05) is 39.6 Å². The van der Waals surface area contributed by atoms with E-state index in [2.05, 4.69) is 41.3 Å². The second kappa shape index (κ2) is 35.9. The third kappa shape index (κ3) is 18.0. The van der Waals surface area contributed by atoms with E-state index in [9.17, 15) is 53.4 Å². The van der Waals surface area contributed by atoms with E-state index in [0.717, 1.165) is 90.7 Å². The molecule has 0 amide bonds. The molecule has 0 aliphatic heterocycles. The van der Waals surface area contributed by atoms with Crippen LogP contribution in [0.15, 0.2) is 232 Å². The van der Waals surface area contributed by atoms with Crippen molar-refractivity contribution in [3.05, 3.63) is 284 Å². The Hall–Kier alpha value is -13.5. The summed E-state index contributed by atoms with van der Waals surface area (Å²) in [5.41, 5.74) is 11.8. The highest BCUT2D eigenvalue weighted by Crippen LogP contribution is 2.57. The van der Waals surface area contributed by atoms with Crippen molar-refractivity contribution in [1.82, 2.24) is 19.9 Å². The second-order valence-corrected chi connectivity index (χ2v) is 23.2. The van der Waals surface area contributed by atoms with Gasteiger partial charge in [-0.2, -0.15) is 0 Å². The highest BCUT2D eigenvalue weighted by molar-refractivity contribution is 5.90. The summed E-state index contributed by atoms with van der Waals surface area (Å²) in [4.78, 5) is 124. The van der Waals surface area contributed by atoms with Gasteiger partial charge < -0.3 is 60.6 Å². The summed E-state index contributed by atoms with van der Waals surface area (Å²) in [5.74, 6) is -5.26. The minimum absolute atomic E-state index is 0. The fourth-order valence-electron chi connectivity index (χ4n) is 11.9. The first-order valence-electron chi connectivity index (χ1n) is 32.9. The van der Waals surface area contributed by atoms with E-state index in [1.54, 1.807) is 48.5 Å². The zero-order valence-electron chi connectivity index (χ0n) is 57.4. The summed E-state index contributed by atoms with van der Waals surface area (Å²) in [6.45, 7) is 9.01. The van der Waals surface area contributed by atoms with Crippen molar-refractivity contribution in [1.29, 1.82) is 0 Å². The van der Waals surface area contributed by atoms with E-state index in [1.807, 2.05) is 133 Å². The molecule has 0 bridgehead atoms. The molecule has 10 aromatic rings. The Bertz CT molecular complexity index is 4780. The number of carbonyl (C=O) groups excluding carboxylic acids is 8. The predicted molar refractivity (Wildman–Crippen MR) is 386 cm³/mol. The number of aromatic nitrogens is 4. The molecule has 0 atom stereocenters. The van der Waals surface area contributed by atoms with Gasteiger partial charge in [-0.15, -0.1) is 0 Å². The van der Waals surface area contributed by atoms with Crippen LogP contribution in [-0.2, 0) is 82.4 Å². The first-order chi connectivity index (χ1) is 50.8. The topological polar surface area (TPSA) is 340 Å². The standard InChI is InChI=1S/C45H38N2O12.C27H18N2O2.C9H12O6.CH3/c1-3-37(48)54-25-27-56-39(50)21-23-41(52)58-31-17-13-29(14-18-31)45(34-10-6-5-9-33(34)43-44(45)47-36-12-8-7-11-35(36)46-43)30-15-19-32(20-16-30)59-42(53)24-22-40(51)57-28-26-55-38(49)4-2;30-19-13-9-17(10-14-19)27(18-11-15-20(31)16-12-18)22-6-2-1-5-21(22)25-26(27)29-24-8-4-3-7-23(24)28-25;1-2-8(12)14-5-6-15-9(13)4-3-7(10)11;/h3-20H,1-2,21-28H2;1-16,30-31H;2H,1,3-6H2,(H,10,11);1H3/q;;;-1. The molecule has 12 rings (SSSR count). The lowest BCUT2D eigenvalue weighted by atomic mass is 9.69. The van der Waals surface area contributed by atoms with Gasteiger partial charge in [0.1, 0.15) is 62.6 Å². The number of carbonyl (C=O) groups is 9. The average molecular weight is 1430 g/mol. The average Bonchev–Trinajstić information content (AvgIpc) is 1.54. The maximum atomic E-state index is 12.7. The molecule has 0 fully saturated rings. The minimum atomic E-state index is -1.06. The fourth-order valence-corrected chi connectivity index (χ4v) is 11.9. The molecule has 106 heavy (non-hydrogen) atoms. The molecule has 2 heterocycles. The Kier molecular flexibility index (Phi) is 26.0. The van der Waals surface area contributed by atoms with Crippen LogP contribution in [0.2, 0.25) is 0 Å². The summed E-state index contributed by atoms with van der Waals surface area (Å²) in [6.07, 6.45) is 1.58. The highest BCUT2D eigenvalue weighted by atomic mass is 16.6. The van der Waals surface area contributed by atoms with Gasteiger partial charge in [-0.05, 0) is 106 Å². The maximum absolute atomic E-state index is 12.7. The number of aromatic hydroxyl groups is 2. The van der Waals surface area contributed by atoms with Crippen LogP contribution in [-0.4, -0.2) is 129 Å². The SMILES string of the molecule is C=CC(=O)OCCOC(=O)CCC(=O)O.C=CC(=O)OCCOC(=O)CCC(=O)Oc1ccc(C2(c3ccc(OC(=O)CCC(=O)OCCOC(=O)C=C)cc3)c3ccccc3-c3nc4ccccc4nc32)cc1.Oc1ccc(C2(c3ccc(O)cc3)c3ccccc3-c3nc4ccccc4nc32)cc1.[CH3-]. The molecule has 0 radical (unpaired) electrons. The smallest absolute Gasteiger partial charge is 0.330 e. The molecular formula is C82H71N4O20-. The van der Waals surface area contributed by atoms with E-state index in [1.165, 1.54) is 0 Å². The number of phenols is 2. The lowest BCUT2D eigenvalue weighted by Gasteiger charge is -2.32. The number of fused-ring (bicyclic) bond motifs is 8. The van der Waals surface area contributed by atoms with Crippen LogP contribution in [0.1, 0.15) is 83.3 Å². The van der Waals surface area contributed by atoms with E-state index >= 15 is 0 Å². The van der Waals surface area contributed by atoms with Gasteiger partial charge in [-0.25, -0.2) is 34.3 Å². The molecule has 0 spiro atoms. The van der Waals surface area contributed by atoms with Gasteiger partial charge in [-0.3, -0.25) is 28.8 Å². The van der Waals surface area contributed by atoms with Gasteiger partial charge in [0.25, 0.3) is 0 Å². The summed E-state index contributed by atoms with van der Waals surface area (Å²) in [6, 6.07) is 60.1. The Morgan fingerprint density at radius 1 is 0.340 bits per heavy atom. The number of hydrogen-bond acceptors (Lipinski definition) is 23. The molecule has 2 aliphatic carbocycles. The molecule has 0 saturated heterocycles. The van der Waals surface area contributed by atoms with Gasteiger partial charge in [-0.1, -0.05) is 141 Å². The third-order valence-electron chi connectivity index (χ3n) is 16.5. The van der Waals surface area contributed by atoms with Crippen molar-refractivity contribution >= 4 is 75.8 Å². The maximum Gasteiger partial charge on any atom is 0.330 e. The monoisotopic (exact) mass is 1430 g/mol. The summed E-state index contributed by atoms with van der Waals surface area (Å²) in [7, 11) is 0. The van der Waals surface area contributed by atoms with E-state index in [0.29, 0.717) is 16.9 Å². The summed E-state index contributed by atoms with van der Waals surface area (Å²) < 4.78 is 39.7. The third-order valence-corrected chi connectivity index (χ3v) is 16.5. The molecule has 24 heteroatoms. The van der Waals surface area contributed by atoms with Crippen LogP contribution < -0.4 is 9.47 Å². The molecule has 0 saturated carbocycles. The Morgan fingerprint density at radius 2 is 0.613 bits per heavy atom. The lowest BCUT2D eigenvalue weighted by Crippen LogP contribution is -2.29. The number of ether oxygens (including phenoxy) is 8. The Morgan fingerprint density at radius 3 is 0.934 bits per heavy atom. The van der Waals surface area contributed by atoms with Crippen molar-refractivity contribution in [2.45, 2.75) is 49.4 Å². The van der Waals surface area contributed by atoms with Crippen LogP contribution in [0.4, 0.5) is 0 Å². The van der Waals surface area contributed by atoms with Crippen molar-refractivity contribution in [3.8, 4) is 45.5 Å². The quantitative estimate of drug-likeness (QED) is 0.0107. The van der Waals surface area contributed by atoms with Crippen LogP contribution >= 0.6 is 0 Å². The van der Waals surface area contributed by atoms with Gasteiger partial charge in [0.15, 0.2) is 0 Å². The van der Waals surface area contributed by atoms with Gasteiger partial charge in [0, 0.05) is 29.4 Å². The first-order valence-corrected chi connectivity index (χ1v) is 32.9. The molecular weight excluding hydrogens is 1360 g/mol. The number of phenolic OH excluding ortho intramolecular Hbond substituents is 2. The van der Waals surface area contributed by atoms with Crippen LogP contribution in [0.3, 0.4) is 0 Å². The number of carboxylic acids is 1. The number of nitrogens with zero attached hydrogens (tertiary/aromatic N) is 4. The number of esters is 8. The lowest BCUT2D eigenvalue weighted by molar-refractivity contribution is -0.151. The molecule has 540 valence electrons. The fraction of sp³-hybridized carbons (Fsp3) is 0.171. The zero-order chi connectivity index (χ0) is 74.5. The van der Waals surface area contributed by atoms with Crippen LogP contribution in [0.5, 0.6) is 23.0 Å².